The standard InChI is InChI=1S/C20H15ClN2O6/c1-10-3-5-12(9-15(10)21)23-18(25)14(17(24)22-20(23)28)8-11-4-6-16(29-2)13(7-11)19(26)27/h3-9H,1-2H3,(H,26,27)(H,22,24,28)/b14-8-. The third-order valence-corrected chi connectivity index (χ3v) is 4.69. The van der Waals surface area contributed by atoms with E-state index in [0.29, 0.717) is 5.02 Å². The first-order chi connectivity index (χ1) is 13.7. The molecule has 0 unspecified atom stereocenters. The number of nitrogens with zero attached hydrogens (tertiary/aromatic N) is 1. The quantitative estimate of drug-likeness (QED) is 0.587. The number of urea groups is 1. The molecule has 3 rings (SSSR count). The maximum Gasteiger partial charge on any atom is 0.339 e. The van der Waals surface area contributed by atoms with Crippen molar-refractivity contribution in [2.45, 2.75) is 6.92 Å². The van der Waals surface area contributed by atoms with Crippen molar-refractivity contribution >= 4 is 47.2 Å². The van der Waals surface area contributed by atoms with E-state index in [1.807, 2.05) is 0 Å². The molecule has 0 atom stereocenters. The van der Waals surface area contributed by atoms with Gasteiger partial charge in [0.05, 0.1) is 12.8 Å². The average molecular weight is 415 g/mol. The second kappa shape index (κ2) is 7.76. The van der Waals surface area contributed by atoms with Crippen LogP contribution in [0.1, 0.15) is 21.5 Å². The van der Waals surface area contributed by atoms with E-state index in [9.17, 15) is 24.3 Å². The van der Waals surface area contributed by atoms with Gasteiger partial charge in [-0.15, -0.1) is 0 Å². The van der Waals surface area contributed by atoms with Crippen LogP contribution in [0, 0.1) is 6.92 Å². The number of methoxy groups -OCH3 is 1. The Morgan fingerprint density at radius 1 is 1.17 bits per heavy atom. The fourth-order valence-electron chi connectivity index (χ4n) is 2.76. The molecule has 1 aliphatic rings. The first-order valence-electron chi connectivity index (χ1n) is 8.32. The lowest BCUT2D eigenvalue weighted by atomic mass is 10.0. The fraction of sp³-hybridized carbons (Fsp3) is 0.100. The van der Waals surface area contributed by atoms with Crippen LogP contribution in [0.25, 0.3) is 6.08 Å². The molecule has 9 heteroatoms. The Kier molecular flexibility index (Phi) is 5.38. The van der Waals surface area contributed by atoms with Crippen LogP contribution in [0.4, 0.5) is 10.5 Å². The van der Waals surface area contributed by atoms with E-state index in [1.54, 1.807) is 13.0 Å². The number of halogens is 1. The van der Waals surface area contributed by atoms with E-state index in [1.165, 1.54) is 43.5 Å². The van der Waals surface area contributed by atoms with Gasteiger partial charge in [0.2, 0.25) is 0 Å². The van der Waals surface area contributed by atoms with Gasteiger partial charge in [-0.3, -0.25) is 14.9 Å². The van der Waals surface area contributed by atoms with Gasteiger partial charge in [-0.25, -0.2) is 14.5 Å². The lowest BCUT2D eigenvalue weighted by molar-refractivity contribution is -0.122. The molecule has 2 aromatic carbocycles. The number of carbonyl (C=O) groups is 4. The van der Waals surface area contributed by atoms with Crippen molar-refractivity contribution < 1.29 is 29.0 Å². The van der Waals surface area contributed by atoms with Gasteiger partial charge in [0.15, 0.2) is 0 Å². The molecule has 0 saturated carbocycles. The number of hydrogen-bond acceptors (Lipinski definition) is 5. The molecule has 4 amide bonds. The molecule has 1 saturated heterocycles. The van der Waals surface area contributed by atoms with Gasteiger partial charge in [0, 0.05) is 5.02 Å². The lowest BCUT2D eigenvalue weighted by Crippen LogP contribution is -2.54. The number of imide groups is 2. The molecule has 0 aromatic heterocycles. The molecule has 1 aliphatic heterocycles. The van der Waals surface area contributed by atoms with Gasteiger partial charge in [-0.2, -0.15) is 0 Å². The maximum absolute atomic E-state index is 12.9. The van der Waals surface area contributed by atoms with Gasteiger partial charge >= 0.3 is 12.0 Å². The van der Waals surface area contributed by atoms with Gasteiger partial charge in [0.25, 0.3) is 11.8 Å². The summed E-state index contributed by atoms with van der Waals surface area (Å²) in [5, 5.41) is 11.7. The summed E-state index contributed by atoms with van der Waals surface area (Å²) >= 11 is 6.08. The van der Waals surface area contributed by atoms with Crippen LogP contribution >= 0.6 is 11.6 Å². The Hall–Kier alpha value is -3.65. The lowest BCUT2D eigenvalue weighted by Gasteiger charge is -2.26. The van der Waals surface area contributed by atoms with E-state index >= 15 is 0 Å². The molecule has 29 heavy (non-hydrogen) atoms. The van der Waals surface area contributed by atoms with Crippen LogP contribution in [0.15, 0.2) is 42.0 Å². The summed E-state index contributed by atoms with van der Waals surface area (Å²) in [6.45, 7) is 1.77. The van der Waals surface area contributed by atoms with Crippen LogP contribution in [0.3, 0.4) is 0 Å². The highest BCUT2D eigenvalue weighted by molar-refractivity contribution is 6.39. The normalized spacial score (nSPS) is 15.5. The molecule has 148 valence electrons. The van der Waals surface area contributed by atoms with Crippen molar-refractivity contribution in [3.05, 3.63) is 63.7 Å². The van der Waals surface area contributed by atoms with Crippen LogP contribution in [0.2, 0.25) is 5.02 Å². The number of aromatic carboxylic acids is 1. The summed E-state index contributed by atoms with van der Waals surface area (Å²) in [4.78, 5) is 49.5. The summed E-state index contributed by atoms with van der Waals surface area (Å²) in [5.74, 6) is -2.84. The summed E-state index contributed by atoms with van der Waals surface area (Å²) in [6, 6.07) is 7.86. The first-order valence-corrected chi connectivity index (χ1v) is 8.69. The predicted octanol–water partition coefficient (Wildman–Crippen LogP) is 3.02. The van der Waals surface area contributed by atoms with Gasteiger partial charge < -0.3 is 9.84 Å². The maximum atomic E-state index is 12.9. The molecule has 0 aliphatic carbocycles. The molecule has 0 radical (unpaired) electrons. The second-order valence-corrected chi connectivity index (χ2v) is 6.56. The van der Waals surface area contributed by atoms with Crippen molar-refractivity contribution in [3.63, 3.8) is 0 Å². The predicted molar refractivity (Wildman–Crippen MR) is 105 cm³/mol. The van der Waals surface area contributed by atoms with Crippen molar-refractivity contribution in [1.29, 1.82) is 0 Å². The fourth-order valence-corrected chi connectivity index (χ4v) is 2.94. The Bertz CT molecular complexity index is 1090. The Morgan fingerprint density at radius 2 is 1.90 bits per heavy atom. The Balaban J connectivity index is 2.04. The number of hydrogen-bond donors (Lipinski definition) is 2. The number of amides is 4. The number of ether oxygens (including phenoxy) is 1. The number of nitrogens with one attached hydrogen (secondary N) is 1. The zero-order valence-electron chi connectivity index (χ0n) is 15.4. The molecule has 1 fully saturated rings. The Morgan fingerprint density at radius 3 is 2.52 bits per heavy atom. The first kappa shape index (κ1) is 20.1. The second-order valence-electron chi connectivity index (χ2n) is 6.16. The van der Waals surface area contributed by atoms with E-state index in [4.69, 9.17) is 16.3 Å². The zero-order chi connectivity index (χ0) is 21.3. The van der Waals surface area contributed by atoms with Gasteiger partial charge in [0.1, 0.15) is 16.9 Å². The van der Waals surface area contributed by atoms with E-state index in [-0.39, 0.29) is 28.1 Å². The summed E-state index contributed by atoms with van der Waals surface area (Å²) in [7, 11) is 1.33. The molecule has 1 heterocycles. The number of carboxylic acids is 1. The largest absolute Gasteiger partial charge is 0.496 e. The molecular formula is C20H15ClN2O6. The number of barbiturate groups is 1. The van der Waals surface area contributed by atoms with Crippen LogP contribution in [0.5, 0.6) is 5.75 Å². The number of carboxylic acid groups (broad SMARTS) is 1. The third-order valence-electron chi connectivity index (χ3n) is 4.28. The molecule has 0 spiro atoms. The molecular weight excluding hydrogens is 400 g/mol. The number of rotatable bonds is 4. The topological polar surface area (TPSA) is 113 Å². The number of benzene rings is 2. The molecule has 2 aromatic rings. The summed E-state index contributed by atoms with van der Waals surface area (Å²) < 4.78 is 4.99. The number of carbonyl (C=O) groups excluding carboxylic acids is 3. The highest BCUT2D eigenvalue weighted by Crippen LogP contribution is 2.27. The van der Waals surface area contributed by atoms with Gasteiger partial charge in [-0.05, 0) is 48.4 Å². The minimum atomic E-state index is -1.23. The van der Waals surface area contributed by atoms with E-state index < -0.39 is 23.8 Å². The molecule has 0 bridgehead atoms. The van der Waals surface area contributed by atoms with Crippen molar-refractivity contribution in [2.24, 2.45) is 0 Å². The van der Waals surface area contributed by atoms with E-state index in [2.05, 4.69) is 5.32 Å². The molecule has 2 N–H and O–H groups in total. The van der Waals surface area contributed by atoms with Crippen LogP contribution in [-0.4, -0.2) is 36.0 Å². The van der Waals surface area contributed by atoms with Crippen molar-refractivity contribution in [2.75, 3.05) is 12.0 Å². The summed E-state index contributed by atoms with van der Waals surface area (Å²) in [6.07, 6.45) is 1.21. The minimum absolute atomic E-state index is 0.130. The number of anilines is 1. The van der Waals surface area contributed by atoms with E-state index in [0.717, 1.165) is 10.5 Å². The smallest absolute Gasteiger partial charge is 0.339 e. The Labute approximate surface area is 170 Å². The van der Waals surface area contributed by atoms with Crippen molar-refractivity contribution in [1.82, 2.24) is 5.32 Å². The zero-order valence-corrected chi connectivity index (χ0v) is 16.1. The van der Waals surface area contributed by atoms with Gasteiger partial charge in [-0.1, -0.05) is 23.7 Å². The average Bonchev–Trinajstić information content (AvgIpc) is 2.67. The van der Waals surface area contributed by atoms with Crippen LogP contribution < -0.4 is 15.0 Å². The van der Waals surface area contributed by atoms with Crippen molar-refractivity contribution in [3.8, 4) is 5.75 Å². The van der Waals surface area contributed by atoms with Crippen LogP contribution in [-0.2, 0) is 9.59 Å². The monoisotopic (exact) mass is 414 g/mol. The minimum Gasteiger partial charge on any atom is -0.496 e. The molecule has 8 nitrogen and oxygen atoms in total. The highest BCUT2D eigenvalue weighted by Gasteiger charge is 2.37. The summed E-state index contributed by atoms with van der Waals surface area (Å²) in [5.41, 5.74) is 0.763. The third kappa shape index (κ3) is 3.83. The SMILES string of the molecule is COc1ccc(/C=C2/C(=O)NC(=O)N(c3ccc(C)c(Cl)c3)C2=O)cc1C(=O)O. The number of aryl methyl sites for hydroxylation is 1. The highest BCUT2D eigenvalue weighted by atomic mass is 35.5.